The number of aryl methyl sites for hydroxylation is 1. The van der Waals surface area contributed by atoms with Crippen molar-refractivity contribution in [2.75, 3.05) is 39.0 Å². The van der Waals surface area contributed by atoms with Gasteiger partial charge in [0.05, 0.1) is 11.7 Å². The molecule has 2 fully saturated rings. The number of rotatable bonds is 5. The van der Waals surface area contributed by atoms with Crippen LogP contribution in [-0.2, 0) is 10.0 Å². The molecule has 1 spiro atoms. The quantitative estimate of drug-likeness (QED) is 0.762. The summed E-state index contributed by atoms with van der Waals surface area (Å²) in [5.41, 5.74) is 1.89. The molecule has 2 aromatic rings. The van der Waals surface area contributed by atoms with Gasteiger partial charge >= 0.3 is 0 Å². The molecule has 2 aliphatic heterocycles. The van der Waals surface area contributed by atoms with Crippen LogP contribution >= 0.6 is 0 Å². The number of nitrogens with zero attached hydrogens (tertiary/aromatic N) is 4. The lowest BCUT2D eigenvalue weighted by molar-refractivity contribution is 0.234. The molecule has 3 heterocycles. The maximum atomic E-state index is 12.7. The van der Waals surface area contributed by atoms with Gasteiger partial charge in [-0.1, -0.05) is 35.8 Å². The summed E-state index contributed by atoms with van der Waals surface area (Å²) in [5.74, 6) is 1.23. The molecule has 0 unspecified atom stereocenters. The van der Waals surface area contributed by atoms with Crippen molar-refractivity contribution in [2.45, 2.75) is 32.6 Å². The first kappa shape index (κ1) is 19.5. The second-order valence-corrected chi connectivity index (χ2v) is 10.4. The topological polar surface area (TPSA) is 79.5 Å². The van der Waals surface area contributed by atoms with Crippen LogP contribution in [0.5, 0.6) is 0 Å². The van der Waals surface area contributed by atoms with E-state index < -0.39 is 10.0 Å². The number of likely N-dealkylation sites (tertiary alicyclic amines) is 1. The summed E-state index contributed by atoms with van der Waals surface area (Å²) in [4.78, 5) is 6.96. The fraction of sp³-hybridized carbons (Fsp3) is 0.600. The zero-order valence-electron chi connectivity index (χ0n) is 16.8. The normalized spacial score (nSPS) is 26.5. The third-order valence-corrected chi connectivity index (χ3v) is 8.05. The van der Waals surface area contributed by atoms with Gasteiger partial charge in [-0.05, 0) is 39.4 Å². The molecule has 0 N–H and O–H groups in total. The lowest BCUT2D eigenvalue weighted by atomic mass is 9.77. The van der Waals surface area contributed by atoms with Crippen molar-refractivity contribution in [1.29, 1.82) is 0 Å². The predicted molar refractivity (Wildman–Crippen MR) is 107 cm³/mol. The van der Waals surface area contributed by atoms with Crippen molar-refractivity contribution in [2.24, 2.45) is 5.41 Å². The molecule has 1 aromatic carbocycles. The number of hydrogen-bond acceptors (Lipinski definition) is 6. The third-order valence-electron chi connectivity index (χ3n) is 6.06. The van der Waals surface area contributed by atoms with Crippen LogP contribution in [0.4, 0.5) is 0 Å². The molecule has 8 heteroatoms. The van der Waals surface area contributed by atoms with Crippen LogP contribution in [0.2, 0.25) is 0 Å². The van der Waals surface area contributed by atoms with E-state index in [1.54, 1.807) is 4.31 Å². The fourth-order valence-electron chi connectivity index (χ4n) is 4.66. The molecule has 28 heavy (non-hydrogen) atoms. The van der Waals surface area contributed by atoms with Crippen LogP contribution < -0.4 is 0 Å². The van der Waals surface area contributed by atoms with Crippen LogP contribution in [0.25, 0.3) is 11.4 Å². The molecule has 0 radical (unpaired) electrons. The molecule has 0 bridgehead atoms. The molecule has 2 saturated heterocycles. The highest BCUT2D eigenvalue weighted by Gasteiger charge is 2.54. The Bertz CT molecular complexity index is 958. The molecule has 1 aromatic heterocycles. The Hall–Kier alpha value is -1.77. The van der Waals surface area contributed by atoms with E-state index in [2.05, 4.69) is 17.1 Å². The first-order valence-corrected chi connectivity index (χ1v) is 11.5. The highest BCUT2D eigenvalue weighted by molar-refractivity contribution is 7.89. The van der Waals surface area contributed by atoms with Crippen molar-refractivity contribution in [3.63, 3.8) is 0 Å². The Morgan fingerprint density at radius 2 is 2.14 bits per heavy atom. The minimum absolute atomic E-state index is 0.0739. The molecule has 0 saturated carbocycles. The maximum absolute atomic E-state index is 12.7. The molecular weight excluding hydrogens is 376 g/mol. The second kappa shape index (κ2) is 7.24. The summed E-state index contributed by atoms with van der Waals surface area (Å²) in [7, 11) is -1.17. The number of benzene rings is 1. The number of hydrogen-bond donors (Lipinski definition) is 0. The Kier molecular flexibility index (Phi) is 5.05. The SMILES string of the molecule is CCCS(=O)(=O)N1C[C@@H](c2nc(-c3cccc(C)c3)no2)[C@]2(CCN(C)C2)C1. The van der Waals surface area contributed by atoms with Crippen LogP contribution in [0, 0.1) is 12.3 Å². The first-order chi connectivity index (χ1) is 13.3. The Morgan fingerprint density at radius 1 is 1.32 bits per heavy atom. The predicted octanol–water partition coefficient (Wildman–Crippen LogP) is 2.51. The second-order valence-electron chi connectivity index (χ2n) is 8.34. The van der Waals surface area contributed by atoms with E-state index in [4.69, 9.17) is 9.51 Å². The molecular formula is C20H28N4O3S. The van der Waals surface area contributed by atoms with Crippen LogP contribution in [0.3, 0.4) is 0 Å². The lowest BCUT2D eigenvalue weighted by Gasteiger charge is -2.27. The number of aromatic nitrogens is 2. The summed E-state index contributed by atoms with van der Waals surface area (Å²) in [6.07, 6.45) is 1.56. The van der Waals surface area contributed by atoms with E-state index in [0.29, 0.717) is 31.2 Å². The van der Waals surface area contributed by atoms with Gasteiger partial charge in [0.15, 0.2) is 0 Å². The van der Waals surface area contributed by atoms with E-state index in [1.165, 1.54) is 0 Å². The molecule has 2 aliphatic rings. The maximum Gasteiger partial charge on any atom is 0.232 e. The standard InChI is InChI=1S/C20H28N4O3S/c1-4-10-28(25,26)24-12-17(20(14-24)8-9-23(3)13-20)19-21-18(22-27-19)16-7-5-6-15(2)11-16/h5-7,11,17H,4,8-10,12-14H2,1-3H3/t17-,20-/m0/s1. The van der Waals surface area contributed by atoms with Gasteiger partial charge in [-0.15, -0.1) is 0 Å². The monoisotopic (exact) mass is 404 g/mol. The van der Waals surface area contributed by atoms with E-state index in [9.17, 15) is 8.42 Å². The van der Waals surface area contributed by atoms with Crippen LogP contribution in [0.15, 0.2) is 28.8 Å². The summed E-state index contributed by atoms with van der Waals surface area (Å²) in [6.45, 7) is 6.69. The summed E-state index contributed by atoms with van der Waals surface area (Å²) in [5, 5.41) is 4.20. The summed E-state index contributed by atoms with van der Waals surface area (Å²) in [6, 6.07) is 8.00. The zero-order valence-corrected chi connectivity index (χ0v) is 17.6. The van der Waals surface area contributed by atoms with Crippen molar-refractivity contribution in [1.82, 2.24) is 19.3 Å². The van der Waals surface area contributed by atoms with E-state index in [-0.39, 0.29) is 17.1 Å². The molecule has 4 rings (SSSR count). The Balaban J connectivity index is 1.67. The summed E-state index contributed by atoms with van der Waals surface area (Å²) < 4.78 is 32.8. The van der Waals surface area contributed by atoms with Gasteiger partial charge in [0.2, 0.25) is 21.7 Å². The van der Waals surface area contributed by atoms with Crippen molar-refractivity contribution in [3.05, 3.63) is 35.7 Å². The average molecular weight is 405 g/mol. The minimum Gasteiger partial charge on any atom is -0.339 e. The third kappa shape index (κ3) is 3.49. The first-order valence-electron chi connectivity index (χ1n) is 9.90. The highest BCUT2D eigenvalue weighted by atomic mass is 32.2. The van der Waals surface area contributed by atoms with E-state index in [1.807, 2.05) is 38.1 Å². The van der Waals surface area contributed by atoms with Gasteiger partial charge in [0.25, 0.3) is 0 Å². The van der Waals surface area contributed by atoms with Gasteiger partial charge in [0.1, 0.15) is 0 Å². The van der Waals surface area contributed by atoms with Gasteiger partial charge < -0.3 is 9.42 Å². The average Bonchev–Trinajstić information content (AvgIpc) is 3.34. The lowest BCUT2D eigenvalue weighted by Crippen LogP contribution is -2.35. The summed E-state index contributed by atoms with van der Waals surface area (Å²) >= 11 is 0. The van der Waals surface area contributed by atoms with Crippen LogP contribution in [-0.4, -0.2) is 66.7 Å². The molecule has 152 valence electrons. The van der Waals surface area contributed by atoms with Gasteiger partial charge in [-0.2, -0.15) is 4.98 Å². The van der Waals surface area contributed by atoms with Crippen molar-refractivity contribution < 1.29 is 12.9 Å². The van der Waals surface area contributed by atoms with Crippen molar-refractivity contribution in [3.8, 4) is 11.4 Å². The fourth-order valence-corrected chi connectivity index (χ4v) is 6.27. The van der Waals surface area contributed by atoms with Gasteiger partial charge in [0, 0.05) is 30.6 Å². The highest BCUT2D eigenvalue weighted by Crippen LogP contribution is 2.49. The molecule has 7 nitrogen and oxygen atoms in total. The molecule has 2 atom stereocenters. The largest absolute Gasteiger partial charge is 0.339 e. The Labute approximate surface area is 166 Å². The van der Waals surface area contributed by atoms with E-state index in [0.717, 1.165) is 30.6 Å². The van der Waals surface area contributed by atoms with Gasteiger partial charge in [-0.25, -0.2) is 12.7 Å². The molecule has 0 amide bonds. The van der Waals surface area contributed by atoms with Crippen LogP contribution in [0.1, 0.15) is 37.1 Å². The number of sulfonamides is 1. The van der Waals surface area contributed by atoms with Crippen molar-refractivity contribution >= 4 is 10.0 Å². The Morgan fingerprint density at radius 3 is 2.82 bits per heavy atom. The van der Waals surface area contributed by atoms with Gasteiger partial charge in [-0.3, -0.25) is 0 Å². The zero-order chi connectivity index (χ0) is 19.9. The molecule has 0 aliphatic carbocycles. The van der Waals surface area contributed by atoms with E-state index >= 15 is 0 Å². The minimum atomic E-state index is -3.26. The smallest absolute Gasteiger partial charge is 0.232 e.